The van der Waals surface area contributed by atoms with Crippen molar-refractivity contribution in [2.45, 2.75) is 126 Å². The van der Waals surface area contributed by atoms with Crippen LogP contribution >= 0.6 is 15.9 Å². The summed E-state index contributed by atoms with van der Waals surface area (Å²) in [7, 11) is 0. The summed E-state index contributed by atoms with van der Waals surface area (Å²) in [5.74, 6) is 0.944. The lowest BCUT2D eigenvalue weighted by Crippen LogP contribution is -2.37. The topological polar surface area (TPSA) is 12.0 Å². The van der Waals surface area contributed by atoms with Crippen LogP contribution in [0.3, 0.4) is 0 Å². The van der Waals surface area contributed by atoms with Gasteiger partial charge in [-0.25, -0.2) is 0 Å². The molecule has 2 aliphatic rings. The number of halogens is 1. The maximum Gasteiger partial charge on any atom is 0.0229 e. The lowest BCUT2D eigenvalue weighted by molar-refractivity contribution is 0.281. The molecule has 142 valence electrons. The van der Waals surface area contributed by atoms with Gasteiger partial charge in [0.2, 0.25) is 0 Å². The van der Waals surface area contributed by atoms with Gasteiger partial charge in [-0.1, -0.05) is 86.6 Å². The van der Waals surface area contributed by atoms with Gasteiger partial charge >= 0.3 is 0 Å². The van der Waals surface area contributed by atoms with E-state index >= 15 is 0 Å². The van der Waals surface area contributed by atoms with E-state index in [0.29, 0.717) is 4.32 Å². The Hall–Kier alpha value is 0.440. The first-order valence-corrected chi connectivity index (χ1v) is 11.9. The summed E-state index contributed by atoms with van der Waals surface area (Å²) >= 11 is 3.98. The van der Waals surface area contributed by atoms with Crippen LogP contribution in [0.2, 0.25) is 0 Å². The second-order valence-electron chi connectivity index (χ2n) is 8.84. The van der Waals surface area contributed by atoms with Gasteiger partial charge in [0.25, 0.3) is 0 Å². The molecule has 0 radical (unpaired) electrons. The number of nitrogens with one attached hydrogen (secondary N) is 1. The molecule has 1 N–H and O–H groups in total. The van der Waals surface area contributed by atoms with Crippen LogP contribution in [-0.4, -0.2) is 16.9 Å². The van der Waals surface area contributed by atoms with E-state index < -0.39 is 0 Å². The number of hydrogen-bond donors (Lipinski definition) is 1. The summed E-state index contributed by atoms with van der Waals surface area (Å²) in [6, 6.07) is 0.797. The molecule has 2 fully saturated rings. The molecule has 1 nitrogen and oxygen atoms in total. The molecule has 0 aromatic rings. The molecular formula is C22H42BrN. The van der Waals surface area contributed by atoms with Crippen molar-refractivity contribution in [3.63, 3.8) is 0 Å². The summed E-state index contributed by atoms with van der Waals surface area (Å²) in [6.45, 7) is 3.64. The van der Waals surface area contributed by atoms with Crippen LogP contribution in [0.4, 0.5) is 0 Å². The van der Waals surface area contributed by atoms with E-state index in [4.69, 9.17) is 0 Å². The highest BCUT2D eigenvalue weighted by atomic mass is 79.9. The molecular weight excluding hydrogens is 358 g/mol. The highest BCUT2D eigenvalue weighted by Crippen LogP contribution is 2.32. The Morgan fingerprint density at radius 3 is 1.79 bits per heavy atom. The third-order valence-electron chi connectivity index (χ3n) is 6.46. The maximum atomic E-state index is 4.00. The standard InChI is InChI=1S/C22H42BrN/c1-22(23)17-11-10-16-21(24-19-13-12-18-22)20-14-8-6-4-2-3-5-7-9-15-20/h20-21,24H,2-19H2,1H3. The molecule has 2 atom stereocenters. The molecule has 1 heterocycles. The Bertz CT molecular complexity index is 303. The number of alkyl halides is 1. The normalized spacial score (nSPS) is 34.0. The fraction of sp³-hybridized carbons (Fsp3) is 1.00. The van der Waals surface area contributed by atoms with Crippen molar-refractivity contribution in [2.75, 3.05) is 6.54 Å². The van der Waals surface area contributed by atoms with Gasteiger partial charge in [0.15, 0.2) is 0 Å². The first-order chi connectivity index (χ1) is 11.7. The van der Waals surface area contributed by atoms with Crippen LogP contribution in [0.15, 0.2) is 0 Å². The molecule has 0 spiro atoms. The van der Waals surface area contributed by atoms with Crippen molar-refractivity contribution in [3.05, 3.63) is 0 Å². The first kappa shape index (κ1) is 20.7. The molecule has 1 aliphatic carbocycles. The van der Waals surface area contributed by atoms with Crippen LogP contribution in [0.1, 0.15) is 116 Å². The average Bonchev–Trinajstić information content (AvgIpc) is 2.64. The molecule has 1 saturated carbocycles. The quantitative estimate of drug-likeness (QED) is 0.453. The van der Waals surface area contributed by atoms with Crippen molar-refractivity contribution < 1.29 is 0 Å². The molecule has 1 aliphatic heterocycles. The Kier molecular flexibility index (Phi) is 10.3. The molecule has 24 heavy (non-hydrogen) atoms. The molecule has 1 saturated heterocycles. The van der Waals surface area contributed by atoms with Crippen molar-refractivity contribution in [1.29, 1.82) is 0 Å². The third-order valence-corrected chi connectivity index (χ3v) is 7.26. The zero-order valence-electron chi connectivity index (χ0n) is 16.3. The summed E-state index contributed by atoms with van der Waals surface area (Å²) in [6.07, 6.45) is 24.4. The van der Waals surface area contributed by atoms with Crippen LogP contribution in [0.5, 0.6) is 0 Å². The van der Waals surface area contributed by atoms with Crippen LogP contribution < -0.4 is 5.32 Å². The Labute approximate surface area is 160 Å². The second kappa shape index (κ2) is 11.9. The second-order valence-corrected chi connectivity index (χ2v) is 10.8. The minimum absolute atomic E-state index is 0.390. The van der Waals surface area contributed by atoms with E-state index in [0.717, 1.165) is 12.0 Å². The van der Waals surface area contributed by atoms with Crippen LogP contribution in [-0.2, 0) is 0 Å². The zero-order valence-corrected chi connectivity index (χ0v) is 17.8. The van der Waals surface area contributed by atoms with Gasteiger partial charge < -0.3 is 5.32 Å². The molecule has 0 aromatic carbocycles. The smallest absolute Gasteiger partial charge is 0.0229 e. The Morgan fingerprint density at radius 2 is 1.17 bits per heavy atom. The van der Waals surface area contributed by atoms with Crippen LogP contribution in [0, 0.1) is 5.92 Å². The first-order valence-electron chi connectivity index (χ1n) is 11.1. The van der Waals surface area contributed by atoms with Gasteiger partial charge in [0, 0.05) is 10.4 Å². The molecule has 2 rings (SSSR count). The van der Waals surface area contributed by atoms with E-state index in [9.17, 15) is 0 Å². The molecule has 2 unspecified atom stereocenters. The fourth-order valence-electron chi connectivity index (χ4n) is 4.81. The van der Waals surface area contributed by atoms with Gasteiger partial charge in [-0.2, -0.15) is 0 Å². The number of hydrogen-bond acceptors (Lipinski definition) is 1. The highest BCUT2D eigenvalue weighted by Gasteiger charge is 2.23. The summed E-state index contributed by atoms with van der Waals surface area (Å²) in [5.41, 5.74) is 0. The molecule has 2 heteroatoms. The van der Waals surface area contributed by atoms with Gasteiger partial charge in [-0.15, -0.1) is 0 Å². The lowest BCUT2D eigenvalue weighted by atomic mass is 9.85. The van der Waals surface area contributed by atoms with E-state index in [-0.39, 0.29) is 0 Å². The summed E-state index contributed by atoms with van der Waals surface area (Å²) in [4.78, 5) is 0. The summed E-state index contributed by atoms with van der Waals surface area (Å²) < 4.78 is 0.390. The van der Waals surface area contributed by atoms with Crippen molar-refractivity contribution in [2.24, 2.45) is 5.92 Å². The monoisotopic (exact) mass is 399 g/mol. The Balaban J connectivity index is 1.86. The Morgan fingerprint density at radius 1 is 0.667 bits per heavy atom. The predicted molar refractivity (Wildman–Crippen MR) is 111 cm³/mol. The average molecular weight is 400 g/mol. The largest absolute Gasteiger partial charge is 0.314 e. The minimum Gasteiger partial charge on any atom is -0.314 e. The third kappa shape index (κ3) is 8.70. The van der Waals surface area contributed by atoms with E-state index in [1.165, 1.54) is 116 Å². The van der Waals surface area contributed by atoms with Crippen LogP contribution in [0.25, 0.3) is 0 Å². The van der Waals surface area contributed by atoms with E-state index in [2.05, 4.69) is 28.2 Å². The maximum absolute atomic E-state index is 4.00. The molecule has 0 bridgehead atoms. The molecule has 0 amide bonds. The van der Waals surface area contributed by atoms with Crippen molar-refractivity contribution in [3.8, 4) is 0 Å². The highest BCUT2D eigenvalue weighted by molar-refractivity contribution is 9.10. The number of rotatable bonds is 1. The SMILES string of the molecule is CC1(Br)CCCCNC(C2CCCCCCCCCC2)CCCC1. The van der Waals surface area contributed by atoms with Gasteiger partial charge in [0.05, 0.1) is 0 Å². The summed E-state index contributed by atoms with van der Waals surface area (Å²) in [5, 5.41) is 4.00. The zero-order chi connectivity index (χ0) is 17.1. The fourth-order valence-corrected chi connectivity index (χ4v) is 5.37. The minimum atomic E-state index is 0.390. The van der Waals surface area contributed by atoms with Gasteiger partial charge in [-0.05, 0) is 57.9 Å². The van der Waals surface area contributed by atoms with Gasteiger partial charge in [-0.3, -0.25) is 0 Å². The van der Waals surface area contributed by atoms with E-state index in [1.54, 1.807) is 0 Å². The predicted octanol–water partition coefficient (Wildman–Crippen LogP) is 7.37. The van der Waals surface area contributed by atoms with Crippen molar-refractivity contribution in [1.82, 2.24) is 5.32 Å². The molecule has 0 aromatic heterocycles. The van der Waals surface area contributed by atoms with Gasteiger partial charge in [0.1, 0.15) is 0 Å². The van der Waals surface area contributed by atoms with E-state index in [1.807, 2.05) is 0 Å². The van der Waals surface area contributed by atoms with Crippen molar-refractivity contribution >= 4 is 15.9 Å². The lowest BCUT2D eigenvalue weighted by Gasteiger charge is -2.29.